The van der Waals surface area contributed by atoms with E-state index in [1.807, 2.05) is 6.92 Å². The molecule has 2 rings (SSSR count). The Bertz CT molecular complexity index is 465. The van der Waals surface area contributed by atoms with Gasteiger partial charge in [-0.1, -0.05) is 31.5 Å². The zero-order chi connectivity index (χ0) is 13.1. The fraction of sp³-hybridized carbons (Fsp3) is 0.467. The standard InChI is InChI=1S/C15H18FNO/c1-2-5-13(17)14(15(18)10-8-9-10)11-6-3-4-7-12(11)16/h3-4,6-7,10,14,17H,2,5,8-9H2,1H3. The van der Waals surface area contributed by atoms with Crippen molar-refractivity contribution in [3.05, 3.63) is 35.6 Å². The van der Waals surface area contributed by atoms with E-state index in [2.05, 4.69) is 0 Å². The minimum Gasteiger partial charge on any atom is -0.309 e. The Morgan fingerprint density at radius 2 is 2.11 bits per heavy atom. The maximum atomic E-state index is 13.8. The number of ketones is 1. The van der Waals surface area contributed by atoms with Crippen molar-refractivity contribution in [1.82, 2.24) is 0 Å². The van der Waals surface area contributed by atoms with Crippen LogP contribution in [-0.2, 0) is 4.79 Å². The van der Waals surface area contributed by atoms with Gasteiger partial charge in [0.25, 0.3) is 0 Å². The summed E-state index contributed by atoms with van der Waals surface area (Å²) >= 11 is 0. The second kappa shape index (κ2) is 5.42. The first-order valence-corrected chi connectivity index (χ1v) is 6.50. The SMILES string of the molecule is CCCC(=N)C(C(=O)C1CC1)c1ccccc1F. The Morgan fingerprint density at radius 3 is 2.67 bits per heavy atom. The smallest absolute Gasteiger partial charge is 0.149 e. The third-order valence-electron chi connectivity index (χ3n) is 3.35. The monoisotopic (exact) mass is 247 g/mol. The van der Waals surface area contributed by atoms with Crippen molar-refractivity contribution in [3.8, 4) is 0 Å². The Morgan fingerprint density at radius 1 is 1.44 bits per heavy atom. The van der Waals surface area contributed by atoms with Crippen LogP contribution in [0.5, 0.6) is 0 Å². The quantitative estimate of drug-likeness (QED) is 0.765. The zero-order valence-electron chi connectivity index (χ0n) is 10.6. The second-order valence-corrected chi connectivity index (χ2v) is 4.91. The maximum Gasteiger partial charge on any atom is 0.149 e. The number of halogens is 1. The van der Waals surface area contributed by atoms with Gasteiger partial charge in [-0.2, -0.15) is 0 Å². The lowest BCUT2D eigenvalue weighted by atomic mass is 9.86. The summed E-state index contributed by atoms with van der Waals surface area (Å²) in [6.45, 7) is 1.97. The average molecular weight is 247 g/mol. The van der Waals surface area contributed by atoms with E-state index in [-0.39, 0.29) is 17.5 Å². The fourth-order valence-electron chi connectivity index (χ4n) is 2.24. The van der Waals surface area contributed by atoms with Crippen molar-refractivity contribution < 1.29 is 9.18 Å². The van der Waals surface area contributed by atoms with Crippen molar-refractivity contribution in [2.45, 2.75) is 38.5 Å². The van der Waals surface area contributed by atoms with Gasteiger partial charge in [-0.05, 0) is 25.3 Å². The van der Waals surface area contributed by atoms with Crippen molar-refractivity contribution >= 4 is 11.5 Å². The largest absolute Gasteiger partial charge is 0.309 e. The summed E-state index contributed by atoms with van der Waals surface area (Å²) in [6, 6.07) is 6.33. The molecule has 0 bridgehead atoms. The van der Waals surface area contributed by atoms with Crippen molar-refractivity contribution in [2.24, 2.45) is 5.92 Å². The molecule has 0 saturated heterocycles. The number of hydrogen-bond acceptors (Lipinski definition) is 2. The van der Waals surface area contributed by atoms with Crippen LogP contribution < -0.4 is 0 Å². The van der Waals surface area contributed by atoms with E-state index in [1.54, 1.807) is 18.2 Å². The molecule has 0 aliphatic heterocycles. The lowest BCUT2D eigenvalue weighted by molar-refractivity contribution is -0.120. The van der Waals surface area contributed by atoms with Crippen molar-refractivity contribution in [2.75, 3.05) is 0 Å². The fourth-order valence-corrected chi connectivity index (χ4v) is 2.24. The number of carbonyl (C=O) groups is 1. The summed E-state index contributed by atoms with van der Waals surface area (Å²) in [7, 11) is 0. The van der Waals surface area contributed by atoms with E-state index in [4.69, 9.17) is 5.41 Å². The highest BCUT2D eigenvalue weighted by atomic mass is 19.1. The lowest BCUT2D eigenvalue weighted by Crippen LogP contribution is -2.23. The van der Waals surface area contributed by atoms with Crippen LogP contribution in [0.2, 0.25) is 0 Å². The molecular formula is C15H18FNO. The van der Waals surface area contributed by atoms with Gasteiger partial charge in [0.2, 0.25) is 0 Å². The highest BCUT2D eigenvalue weighted by molar-refractivity contribution is 6.10. The molecule has 1 saturated carbocycles. The molecule has 1 atom stereocenters. The van der Waals surface area contributed by atoms with Gasteiger partial charge in [0.15, 0.2) is 0 Å². The molecule has 1 aromatic carbocycles. The number of carbonyl (C=O) groups excluding carboxylic acids is 1. The summed E-state index contributed by atoms with van der Waals surface area (Å²) in [5.74, 6) is -0.971. The number of hydrogen-bond donors (Lipinski definition) is 1. The van der Waals surface area contributed by atoms with Gasteiger partial charge >= 0.3 is 0 Å². The molecule has 1 fully saturated rings. The van der Waals surface area contributed by atoms with Gasteiger partial charge in [-0.25, -0.2) is 4.39 Å². The van der Waals surface area contributed by atoms with E-state index in [0.717, 1.165) is 19.3 Å². The molecule has 1 aliphatic carbocycles. The van der Waals surface area contributed by atoms with Crippen LogP contribution in [-0.4, -0.2) is 11.5 Å². The van der Waals surface area contributed by atoms with Gasteiger partial charge in [-0.15, -0.1) is 0 Å². The molecule has 1 unspecified atom stereocenters. The first-order valence-electron chi connectivity index (χ1n) is 6.50. The van der Waals surface area contributed by atoms with Crippen LogP contribution in [0.25, 0.3) is 0 Å². The van der Waals surface area contributed by atoms with Gasteiger partial charge in [0.1, 0.15) is 11.6 Å². The third-order valence-corrected chi connectivity index (χ3v) is 3.35. The number of benzene rings is 1. The Kier molecular flexibility index (Phi) is 3.90. The molecule has 2 nitrogen and oxygen atoms in total. The molecule has 0 heterocycles. The first-order chi connectivity index (χ1) is 8.65. The normalized spacial score (nSPS) is 16.3. The molecule has 1 aromatic rings. The molecule has 0 spiro atoms. The molecule has 0 amide bonds. The van der Waals surface area contributed by atoms with Crippen LogP contribution in [0.4, 0.5) is 4.39 Å². The van der Waals surface area contributed by atoms with E-state index < -0.39 is 5.92 Å². The summed E-state index contributed by atoms with van der Waals surface area (Å²) < 4.78 is 13.8. The number of nitrogens with one attached hydrogen (secondary N) is 1. The van der Waals surface area contributed by atoms with Crippen molar-refractivity contribution in [1.29, 1.82) is 5.41 Å². The summed E-state index contributed by atoms with van der Waals surface area (Å²) in [5.41, 5.74) is 0.715. The summed E-state index contributed by atoms with van der Waals surface area (Å²) in [5, 5.41) is 8.04. The van der Waals surface area contributed by atoms with Gasteiger partial charge in [0.05, 0.1) is 5.92 Å². The maximum absolute atomic E-state index is 13.8. The highest BCUT2D eigenvalue weighted by Gasteiger charge is 2.38. The Hall–Kier alpha value is -1.51. The highest BCUT2D eigenvalue weighted by Crippen LogP contribution is 2.37. The van der Waals surface area contributed by atoms with E-state index in [9.17, 15) is 9.18 Å². The van der Waals surface area contributed by atoms with E-state index >= 15 is 0 Å². The van der Waals surface area contributed by atoms with E-state index in [1.165, 1.54) is 6.07 Å². The topological polar surface area (TPSA) is 40.9 Å². The van der Waals surface area contributed by atoms with Crippen LogP contribution >= 0.6 is 0 Å². The molecule has 0 aromatic heterocycles. The minimum absolute atomic E-state index is 0.0264. The number of Topliss-reactive ketones (excluding diaryl/α,β-unsaturated/α-hetero) is 1. The third kappa shape index (κ3) is 2.66. The van der Waals surface area contributed by atoms with Gasteiger partial charge < -0.3 is 5.41 Å². The van der Waals surface area contributed by atoms with Gasteiger partial charge in [-0.3, -0.25) is 4.79 Å². The lowest BCUT2D eigenvalue weighted by Gasteiger charge is -2.17. The van der Waals surface area contributed by atoms with Crippen LogP contribution in [0.3, 0.4) is 0 Å². The molecule has 18 heavy (non-hydrogen) atoms. The Balaban J connectivity index is 2.32. The molecule has 0 radical (unpaired) electrons. The Labute approximate surface area is 107 Å². The number of rotatable bonds is 6. The van der Waals surface area contributed by atoms with Crippen LogP contribution in [0, 0.1) is 17.1 Å². The minimum atomic E-state index is -0.668. The first kappa shape index (κ1) is 12.9. The summed E-state index contributed by atoms with van der Waals surface area (Å²) in [6.07, 6.45) is 3.14. The predicted molar refractivity (Wildman–Crippen MR) is 69.5 cm³/mol. The molecule has 96 valence electrons. The predicted octanol–water partition coefficient (Wildman–Crippen LogP) is 3.71. The van der Waals surface area contributed by atoms with Crippen LogP contribution in [0.1, 0.15) is 44.1 Å². The molecular weight excluding hydrogens is 229 g/mol. The van der Waals surface area contributed by atoms with E-state index in [0.29, 0.717) is 17.7 Å². The zero-order valence-corrected chi connectivity index (χ0v) is 10.6. The molecule has 1 aliphatic rings. The second-order valence-electron chi connectivity index (χ2n) is 4.91. The summed E-state index contributed by atoms with van der Waals surface area (Å²) in [4.78, 5) is 12.3. The molecule has 3 heteroatoms. The van der Waals surface area contributed by atoms with Crippen molar-refractivity contribution in [3.63, 3.8) is 0 Å². The van der Waals surface area contributed by atoms with Gasteiger partial charge in [0, 0.05) is 17.2 Å². The molecule has 1 N–H and O–H groups in total. The average Bonchev–Trinajstić information content (AvgIpc) is 3.16. The van der Waals surface area contributed by atoms with Crippen LogP contribution in [0.15, 0.2) is 24.3 Å².